The molecule has 11 heavy (non-hydrogen) atoms. The highest BCUT2D eigenvalue weighted by Crippen LogP contribution is 2.02. The van der Waals surface area contributed by atoms with E-state index in [1.54, 1.807) is 0 Å². The highest BCUT2D eigenvalue weighted by molar-refractivity contribution is 5.78. The van der Waals surface area contributed by atoms with E-state index in [1.807, 2.05) is 0 Å². The number of carboxylic acids is 1. The van der Waals surface area contributed by atoms with Crippen LogP contribution in [0.2, 0.25) is 0 Å². The molecule has 6 heteroatoms. The number of amides is 2. The number of carboxylic acid groups (broad SMARTS) is 1. The fourth-order valence-electron chi connectivity index (χ4n) is 0.875. The predicted octanol–water partition coefficient (Wildman–Crippen LogP) is -1.54. The van der Waals surface area contributed by atoms with Crippen LogP contribution in [-0.2, 0) is 4.79 Å². The van der Waals surface area contributed by atoms with Crippen molar-refractivity contribution in [1.29, 1.82) is 0 Å². The summed E-state index contributed by atoms with van der Waals surface area (Å²) in [5.74, 6) is -1.06. The van der Waals surface area contributed by atoms with Crippen LogP contribution in [-0.4, -0.2) is 34.5 Å². The van der Waals surface area contributed by atoms with E-state index in [1.165, 1.54) is 0 Å². The van der Waals surface area contributed by atoms with Crippen LogP contribution in [0.4, 0.5) is 4.79 Å². The lowest BCUT2D eigenvalue weighted by Gasteiger charge is -2.08. The van der Waals surface area contributed by atoms with Gasteiger partial charge in [-0.05, 0) is 0 Å². The molecule has 2 unspecified atom stereocenters. The third kappa shape index (κ3) is 1.81. The van der Waals surface area contributed by atoms with Gasteiger partial charge in [0.1, 0.15) is 6.23 Å². The molecule has 0 radical (unpaired) electrons. The number of carbonyl (C=O) groups excluding carboxylic acids is 1. The van der Waals surface area contributed by atoms with Crippen molar-refractivity contribution in [2.75, 3.05) is 0 Å². The van der Waals surface area contributed by atoms with E-state index in [0.717, 1.165) is 0 Å². The molecule has 62 valence electrons. The first-order chi connectivity index (χ1) is 5.09. The summed E-state index contributed by atoms with van der Waals surface area (Å²) in [5.41, 5.74) is 0. The molecule has 0 bridgehead atoms. The van der Waals surface area contributed by atoms with Crippen LogP contribution in [0.1, 0.15) is 6.42 Å². The van der Waals surface area contributed by atoms with Gasteiger partial charge < -0.3 is 20.8 Å². The monoisotopic (exact) mass is 160 g/mol. The minimum Gasteiger partial charge on any atom is -0.481 e. The molecule has 0 saturated carbocycles. The third-order valence-electron chi connectivity index (χ3n) is 1.37. The van der Waals surface area contributed by atoms with Crippen molar-refractivity contribution in [3.63, 3.8) is 0 Å². The Kier molecular flexibility index (Phi) is 1.95. The van der Waals surface area contributed by atoms with Crippen molar-refractivity contribution in [2.45, 2.75) is 18.7 Å². The van der Waals surface area contributed by atoms with Gasteiger partial charge >= 0.3 is 12.0 Å². The van der Waals surface area contributed by atoms with E-state index in [2.05, 4.69) is 10.6 Å². The number of hydrogen-bond donors (Lipinski definition) is 4. The van der Waals surface area contributed by atoms with Crippen LogP contribution in [0.25, 0.3) is 0 Å². The molecule has 0 aromatic carbocycles. The van der Waals surface area contributed by atoms with Crippen molar-refractivity contribution in [2.24, 2.45) is 0 Å². The van der Waals surface area contributed by atoms with E-state index in [4.69, 9.17) is 10.2 Å². The quantitative estimate of drug-likeness (QED) is 0.393. The topological polar surface area (TPSA) is 98.7 Å². The fourth-order valence-corrected chi connectivity index (χ4v) is 0.875. The maximum absolute atomic E-state index is 10.5. The smallest absolute Gasteiger partial charge is 0.317 e. The Morgan fingerprint density at radius 2 is 2.18 bits per heavy atom. The average molecular weight is 160 g/mol. The summed E-state index contributed by atoms with van der Waals surface area (Å²) >= 11 is 0. The van der Waals surface area contributed by atoms with Crippen LogP contribution < -0.4 is 10.6 Å². The fraction of sp³-hybridized carbons (Fsp3) is 0.600. The molecular weight excluding hydrogens is 152 g/mol. The largest absolute Gasteiger partial charge is 0.481 e. The van der Waals surface area contributed by atoms with Gasteiger partial charge in [-0.25, -0.2) is 4.79 Å². The van der Waals surface area contributed by atoms with Gasteiger partial charge in [0.15, 0.2) is 0 Å². The van der Waals surface area contributed by atoms with Gasteiger partial charge in [0.25, 0.3) is 0 Å². The molecule has 4 N–H and O–H groups in total. The van der Waals surface area contributed by atoms with Crippen LogP contribution >= 0.6 is 0 Å². The SMILES string of the molecule is O=C(O)CC1NC(=O)NC1O. The predicted molar refractivity (Wildman–Crippen MR) is 33.7 cm³/mol. The minimum absolute atomic E-state index is 0.278. The van der Waals surface area contributed by atoms with Crippen LogP contribution in [0.15, 0.2) is 0 Å². The van der Waals surface area contributed by atoms with Crippen molar-refractivity contribution in [1.82, 2.24) is 10.6 Å². The summed E-state index contributed by atoms with van der Waals surface area (Å²) in [6, 6.07) is -1.26. The Morgan fingerprint density at radius 3 is 2.55 bits per heavy atom. The zero-order valence-electron chi connectivity index (χ0n) is 5.57. The lowest BCUT2D eigenvalue weighted by molar-refractivity contribution is -0.138. The first-order valence-corrected chi connectivity index (χ1v) is 3.06. The van der Waals surface area contributed by atoms with Crippen LogP contribution in [0.3, 0.4) is 0 Å². The number of carbonyl (C=O) groups is 2. The van der Waals surface area contributed by atoms with Gasteiger partial charge in [0.2, 0.25) is 0 Å². The molecule has 0 spiro atoms. The lowest BCUT2D eigenvalue weighted by atomic mass is 10.2. The summed E-state index contributed by atoms with van der Waals surface area (Å²) < 4.78 is 0. The summed E-state index contributed by atoms with van der Waals surface area (Å²) in [4.78, 5) is 20.6. The average Bonchev–Trinajstić information content (AvgIpc) is 2.09. The van der Waals surface area contributed by atoms with Crippen LogP contribution in [0, 0.1) is 0 Å². The molecule has 1 heterocycles. The molecule has 1 fully saturated rings. The second-order valence-corrected chi connectivity index (χ2v) is 2.27. The van der Waals surface area contributed by atoms with Crippen LogP contribution in [0.5, 0.6) is 0 Å². The molecule has 1 saturated heterocycles. The van der Waals surface area contributed by atoms with E-state index in [-0.39, 0.29) is 6.42 Å². The van der Waals surface area contributed by atoms with Gasteiger partial charge in [0, 0.05) is 0 Å². The molecule has 0 aromatic heterocycles. The first kappa shape index (κ1) is 7.80. The minimum atomic E-state index is -1.10. The lowest BCUT2D eigenvalue weighted by Crippen LogP contribution is -2.35. The number of nitrogens with one attached hydrogen (secondary N) is 2. The van der Waals surface area contributed by atoms with E-state index < -0.39 is 24.3 Å². The van der Waals surface area contributed by atoms with Gasteiger partial charge in [-0.3, -0.25) is 4.79 Å². The van der Waals surface area contributed by atoms with Crippen molar-refractivity contribution in [3.8, 4) is 0 Å². The highest BCUT2D eigenvalue weighted by atomic mass is 16.4. The van der Waals surface area contributed by atoms with Gasteiger partial charge in [-0.2, -0.15) is 0 Å². The summed E-state index contributed by atoms with van der Waals surface area (Å²) in [6.07, 6.45) is -1.38. The second kappa shape index (κ2) is 2.75. The first-order valence-electron chi connectivity index (χ1n) is 3.06. The third-order valence-corrected chi connectivity index (χ3v) is 1.37. The Hall–Kier alpha value is -1.30. The second-order valence-electron chi connectivity index (χ2n) is 2.27. The van der Waals surface area contributed by atoms with Gasteiger partial charge in [-0.1, -0.05) is 0 Å². The Balaban J connectivity index is 2.46. The normalized spacial score (nSPS) is 29.4. The maximum Gasteiger partial charge on any atom is 0.317 e. The van der Waals surface area contributed by atoms with E-state index in [0.29, 0.717) is 0 Å². The summed E-state index contributed by atoms with van der Waals surface area (Å²) in [6.45, 7) is 0. The molecule has 2 atom stereocenters. The maximum atomic E-state index is 10.5. The highest BCUT2D eigenvalue weighted by Gasteiger charge is 2.31. The Labute approximate surface area is 62.2 Å². The molecule has 0 aromatic rings. The molecule has 1 aliphatic rings. The summed E-state index contributed by atoms with van der Waals surface area (Å²) in [7, 11) is 0. The molecule has 0 aliphatic carbocycles. The van der Waals surface area contributed by atoms with Crippen molar-refractivity contribution < 1.29 is 19.8 Å². The van der Waals surface area contributed by atoms with Gasteiger partial charge in [0.05, 0.1) is 12.5 Å². The van der Waals surface area contributed by atoms with Crippen molar-refractivity contribution in [3.05, 3.63) is 0 Å². The van der Waals surface area contributed by atoms with E-state index in [9.17, 15) is 9.59 Å². The standard InChI is InChI=1S/C5H8N2O4/c8-3(9)1-2-4(10)7-5(11)6-2/h2,4,10H,1H2,(H,8,9)(H2,6,7,11). The number of rotatable bonds is 2. The molecule has 1 rings (SSSR count). The number of aliphatic carboxylic acids is 1. The molecule has 6 nitrogen and oxygen atoms in total. The molecular formula is C5H8N2O4. The molecule has 2 amide bonds. The number of hydrogen-bond acceptors (Lipinski definition) is 3. The number of aliphatic hydroxyl groups is 1. The van der Waals surface area contributed by atoms with E-state index >= 15 is 0 Å². The number of urea groups is 1. The zero-order chi connectivity index (χ0) is 8.43. The van der Waals surface area contributed by atoms with Crippen molar-refractivity contribution >= 4 is 12.0 Å². The zero-order valence-corrected chi connectivity index (χ0v) is 5.57. The molecule has 1 aliphatic heterocycles. The summed E-state index contributed by atoms with van der Waals surface area (Å²) in [5, 5.41) is 21.6. The Bertz CT molecular complexity index is 193. The van der Waals surface area contributed by atoms with Gasteiger partial charge in [-0.15, -0.1) is 0 Å². The number of aliphatic hydroxyl groups excluding tert-OH is 1. The Morgan fingerprint density at radius 1 is 1.55 bits per heavy atom.